The summed E-state index contributed by atoms with van der Waals surface area (Å²) in [5.74, 6) is 0.790. The maximum atomic E-state index is 4.36. The SMILES string of the molecule is CC[C@H]1CCc2ncccc21. The van der Waals surface area contributed by atoms with Gasteiger partial charge in [-0.3, -0.25) is 4.98 Å². The zero-order valence-corrected chi connectivity index (χ0v) is 6.88. The van der Waals surface area contributed by atoms with Crippen LogP contribution >= 0.6 is 0 Å². The Morgan fingerprint density at radius 2 is 2.55 bits per heavy atom. The standard InChI is InChI=1S/C10H13N/c1-2-8-5-6-10-9(8)4-3-7-11-10/h3-4,7-8H,2,5-6H2,1H3/t8-/m0/s1. The first-order valence-corrected chi connectivity index (χ1v) is 4.35. The van der Waals surface area contributed by atoms with Crippen LogP contribution in [0, 0.1) is 0 Å². The molecular formula is C10H13N. The molecule has 0 bridgehead atoms. The van der Waals surface area contributed by atoms with Crippen LogP contribution in [0.3, 0.4) is 0 Å². The number of aromatic nitrogens is 1. The monoisotopic (exact) mass is 147 g/mol. The van der Waals surface area contributed by atoms with Crippen molar-refractivity contribution in [1.82, 2.24) is 4.98 Å². The third kappa shape index (κ3) is 1.05. The quantitative estimate of drug-likeness (QED) is 0.594. The third-order valence-corrected chi connectivity index (χ3v) is 2.59. The maximum Gasteiger partial charge on any atom is 0.0438 e. The highest BCUT2D eigenvalue weighted by Gasteiger charge is 2.20. The number of hydrogen-bond acceptors (Lipinski definition) is 1. The molecule has 0 saturated heterocycles. The topological polar surface area (TPSA) is 12.9 Å². The number of nitrogens with zero attached hydrogens (tertiary/aromatic N) is 1. The Bertz CT molecular complexity index is 255. The van der Waals surface area contributed by atoms with Crippen molar-refractivity contribution in [3.8, 4) is 0 Å². The molecule has 0 aliphatic heterocycles. The van der Waals surface area contributed by atoms with Gasteiger partial charge in [-0.1, -0.05) is 13.0 Å². The van der Waals surface area contributed by atoms with Gasteiger partial charge in [0.1, 0.15) is 0 Å². The number of rotatable bonds is 1. The second-order valence-electron chi connectivity index (χ2n) is 3.18. The van der Waals surface area contributed by atoms with E-state index in [0.717, 1.165) is 5.92 Å². The molecule has 1 heteroatoms. The molecule has 1 aromatic heterocycles. The first-order chi connectivity index (χ1) is 5.42. The molecule has 0 unspecified atom stereocenters. The molecule has 0 fully saturated rings. The van der Waals surface area contributed by atoms with Crippen molar-refractivity contribution < 1.29 is 0 Å². The van der Waals surface area contributed by atoms with E-state index in [4.69, 9.17) is 0 Å². The van der Waals surface area contributed by atoms with Gasteiger partial charge in [0.25, 0.3) is 0 Å². The fourth-order valence-corrected chi connectivity index (χ4v) is 1.92. The molecule has 1 heterocycles. The Labute approximate surface area is 67.5 Å². The average Bonchev–Trinajstić information content (AvgIpc) is 2.47. The lowest BCUT2D eigenvalue weighted by molar-refractivity contribution is 0.656. The van der Waals surface area contributed by atoms with Crippen molar-refractivity contribution in [3.05, 3.63) is 29.6 Å². The second kappa shape index (κ2) is 2.65. The van der Waals surface area contributed by atoms with E-state index in [1.165, 1.54) is 30.5 Å². The fourth-order valence-electron chi connectivity index (χ4n) is 1.92. The Kier molecular flexibility index (Phi) is 1.65. The van der Waals surface area contributed by atoms with Crippen LogP contribution in [0.4, 0.5) is 0 Å². The molecule has 1 aromatic rings. The summed E-state index contributed by atoms with van der Waals surface area (Å²) in [4.78, 5) is 4.36. The highest BCUT2D eigenvalue weighted by molar-refractivity contribution is 5.28. The summed E-state index contributed by atoms with van der Waals surface area (Å²) in [5.41, 5.74) is 2.83. The van der Waals surface area contributed by atoms with E-state index in [1.54, 1.807) is 0 Å². The van der Waals surface area contributed by atoms with Gasteiger partial charge in [0, 0.05) is 11.9 Å². The molecular weight excluding hydrogens is 134 g/mol. The van der Waals surface area contributed by atoms with Gasteiger partial charge in [-0.2, -0.15) is 0 Å². The lowest BCUT2D eigenvalue weighted by Crippen LogP contribution is -1.90. The van der Waals surface area contributed by atoms with Crippen LogP contribution < -0.4 is 0 Å². The van der Waals surface area contributed by atoms with Crippen molar-refractivity contribution >= 4 is 0 Å². The van der Waals surface area contributed by atoms with E-state index in [2.05, 4.69) is 18.0 Å². The summed E-state index contributed by atoms with van der Waals surface area (Å²) in [6.45, 7) is 2.26. The van der Waals surface area contributed by atoms with Gasteiger partial charge in [-0.05, 0) is 36.8 Å². The van der Waals surface area contributed by atoms with E-state index in [1.807, 2.05) is 12.3 Å². The lowest BCUT2D eigenvalue weighted by Gasteiger charge is -2.05. The maximum absolute atomic E-state index is 4.36. The van der Waals surface area contributed by atoms with Crippen LogP contribution in [-0.2, 0) is 6.42 Å². The number of aryl methyl sites for hydroxylation is 1. The minimum absolute atomic E-state index is 0.790. The van der Waals surface area contributed by atoms with E-state index >= 15 is 0 Å². The molecule has 2 rings (SSSR count). The zero-order chi connectivity index (χ0) is 7.68. The fraction of sp³-hybridized carbons (Fsp3) is 0.500. The van der Waals surface area contributed by atoms with Crippen LogP contribution in [-0.4, -0.2) is 4.98 Å². The lowest BCUT2D eigenvalue weighted by atomic mass is 10.0. The van der Waals surface area contributed by atoms with Crippen LogP contribution in [0.25, 0.3) is 0 Å². The molecule has 1 atom stereocenters. The van der Waals surface area contributed by atoms with Crippen molar-refractivity contribution in [1.29, 1.82) is 0 Å². The van der Waals surface area contributed by atoms with Gasteiger partial charge in [0.15, 0.2) is 0 Å². The van der Waals surface area contributed by atoms with Crippen LogP contribution in [0.2, 0.25) is 0 Å². The number of fused-ring (bicyclic) bond motifs is 1. The van der Waals surface area contributed by atoms with E-state index in [9.17, 15) is 0 Å². The second-order valence-corrected chi connectivity index (χ2v) is 3.18. The molecule has 1 aliphatic carbocycles. The summed E-state index contributed by atoms with van der Waals surface area (Å²) in [5, 5.41) is 0. The van der Waals surface area contributed by atoms with Crippen LogP contribution in [0.5, 0.6) is 0 Å². The first-order valence-electron chi connectivity index (χ1n) is 4.35. The third-order valence-electron chi connectivity index (χ3n) is 2.59. The Morgan fingerprint density at radius 1 is 1.64 bits per heavy atom. The molecule has 11 heavy (non-hydrogen) atoms. The van der Waals surface area contributed by atoms with Crippen molar-refractivity contribution in [2.45, 2.75) is 32.1 Å². The van der Waals surface area contributed by atoms with Crippen molar-refractivity contribution in [2.75, 3.05) is 0 Å². The molecule has 0 spiro atoms. The minimum Gasteiger partial charge on any atom is -0.261 e. The molecule has 0 amide bonds. The van der Waals surface area contributed by atoms with Crippen LogP contribution in [0.15, 0.2) is 18.3 Å². The molecule has 0 saturated carbocycles. The highest BCUT2D eigenvalue weighted by atomic mass is 14.7. The van der Waals surface area contributed by atoms with E-state index in [-0.39, 0.29) is 0 Å². The molecule has 0 radical (unpaired) electrons. The van der Waals surface area contributed by atoms with E-state index in [0.29, 0.717) is 0 Å². The van der Waals surface area contributed by atoms with Gasteiger partial charge in [-0.25, -0.2) is 0 Å². The van der Waals surface area contributed by atoms with Crippen molar-refractivity contribution in [3.63, 3.8) is 0 Å². The first kappa shape index (κ1) is 6.84. The summed E-state index contributed by atoms with van der Waals surface area (Å²) >= 11 is 0. The zero-order valence-electron chi connectivity index (χ0n) is 6.88. The van der Waals surface area contributed by atoms with Gasteiger partial charge in [-0.15, -0.1) is 0 Å². The molecule has 1 nitrogen and oxygen atoms in total. The molecule has 0 N–H and O–H groups in total. The van der Waals surface area contributed by atoms with Gasteiger partial charge in [0.05, 0.1) is 0 Å². The van der Waals surface area contributed by atoms with Crippen molar-refractivity contribution in [2.24, 2.45) is 0 Å². The van der Waals surface area contributed by atoms with Gasteiger partial charge in [0.2, 0.25) is 0 Å². The van der Waals surface area contributed by atoms with Gasteiger partial charge >= 0.3 is 0 Å². The minimum atomic E-state index is 0.790. The number of hydrogen-bond donors (Lipinski definition) is 0. The summed E-state index contributed by atoms with van der Waals surface area (Å²) in [6, 6.07) is 4.27. The largest absolute Gasteiger partial charge is 0.261 e. The smallest absolute Gasteiger partial charge is 0.0438 e. The summed E-state index contributed by atoms with van der Waals surface area (Å²) in [7, 11) is 0. The van der Waals surface area contributed by atoms with E-state index < -0.39 is 0 Å². The highest BCUT2D eigenvalue weighted by Crippen LogP contribution is 2.33. The number of pyridine rings is 1. The normalized spacial score (nSPS) is 21.7. The summed E-state index contributed by atoms with van der Waals surface area (Å²) < 4.78 is 0. The van der Waals surface area contributed by atoms with Crippen LogP contribution in [0.1, 0.15) is 36.9 Å². The predicted octanol–water partition coefficient (Wildman–Crippen LogP) is 2.52. The molecule has 58 valence electrons. The van der Waals surface area contributed by atoms with Gasteiger partial charge < -0.3 is 0 Å². The average molecular weight is 147 g/mol. The predicted molar refractivity (Wildman–Crippen MR) is 45.6 cm³/mol. The molecule has 0 aromatic carbocycles. The Hall–Kier alpha value is -0.850. The Morgan fingerprint density at radius 3 is 3.36 bits per heavy atom. The molecule has 1 aliphatic rings. The summed E-state index contributed by atoms with van der Waals surface area (Å²) in [6.07, 6.45) is 5.66. The Balaban J connectivity index is 2.39.